The second kappa shape index (κ2) is 7.58. The van der Waals surface area contributed by atoms with Gasteiger partial charge in [0.25, 0.3) is 5.91 Å². The van der Waals surface area contributed by atoms with E-state index in [9.17, 15) is 18.5 Å². The lowest BCUT2D eigenvalue weighted by Gasteiger charge is -2.21. The molecule has 0 saturated carbocycles. The first-order chi connectivity index (χ1) is 12.1. The van der Waals surface area contributed by atoms with Gasteiger partial charge in [-0.2, -0.15) is 9.57 Å². The highest BCUT2D eigenvalue weighted by Gasteiger charge is 2.24. The lowest BCUT2D eigenvalue weighted by atomic mass is 10.2. The molecule has 1 N–H and O–H groups in total. The van der Waals surface area contributed by atoms with Gasteiger partial charge in [0.2, 0.25) is 10.0 Å². The van der Waals surface area contributed by atoms with Crippen molar-refractivity contribution in [2.24, 2.45) is 0 Å². The highest BCUT2D eigenvalue weighted by Crippen LogP contribution is 2.32. The van der Waals surface area contributed by atoms with Gasteiger partial charge in [-0.05, 0) is 51.5 Å². The van der Waals surface area contributed by atoms with Gasteiger partial charge in [-0.3, -0.25) is 4.79 Å². The molecule has 1 amide bonds. The number of thiophene rings is 1. The van der Waals surface area contributed by atoms with Crippen LogP contribution in [0.1, 0.15) is 40.2 Å². The van der Waals surface area contributed by atoms with Crippen LogP contribution in [0.5, 0.6) is 0 Å². The van der Waals surface area contributed by atoms with E-state index in [1.807, 2.05) is 13.8 Å². The summed E-state index contributed by atoms with van der Waals surface area (Å²) < 4.78 is 26.5. The number of hydrogen-bond donors (Lipinski definition) is 1. The van der Waals surface area contributed by atoms with E-state index in [-0.39, 0.29) is 16.5 Å². The van der Waals surface area contributed by atoms with Crippen LogP contribution in [0.25, 0.3) is 0 Å². The molecule has 2 rings (SSSR count). The Hall–Kier alpha value is -2.21. The first kappa shape index (κ1) is 20.1. The Morgan fingerprint density at radius 3 is 2.54 bits per heavy atom. The van der Waals surface area contributed by atoms with Crippen molar-refractivity contribution < 1.29 is 13.2 Å². The van der Waals surface area contributed by atoms with Crippen molar-refractivity contribution >= 4 is 32.3 Å². The molecule has 6 nitrogen and oxygen atoms in total. The average Bonchev–Trinajstić information content (AvgIpc) is 2.87. The summed E-state index contributed by atoms with van der Waals surface area (Å²) in [6.45, 7) is 7.26. The monoisotopic (exact) mass is 391 g/mol. The van der Waals surface area contributed by atoms with Crippen LogP contribution in [0.2, 0.25) is 0 Å². The standard InChI is InChI=1S/C18H21N3O3S2/c1-11(2)21(5)26(23,24)15-8-6-7-14(9-15)17(22)20-18-16(10-19)12(3)13(4)25-18/h6-9,11H,1-5H3,(H,20,22). The minimum atomic E-state index is -3.68. The van der Waals surface area contributed by atoms with E-state index in [2.05, 4.69) is 11.4 Å². The second-order valence-electron chi connectivity index (χ2n) is 6.20. The van der Waals surface area contributed by atoms with Gasteiger partial charge in [0.05, 0.1) is 10.5 Å². The number of nitriles is 1. The molecule has 2 aromatic rings. The normalized spacial score (nSPS) is 11.6. The zero-order chi connectivity index (χ0) is 19.6. The van der Waals surface area contributed by atoms with Gasteiger partial charge in [0, 0.05) is 23.5 Å². The molecule has 1 aromatic carbocycles. The number of rotatable bonds is 5. The number of hydrogen-bond acceptors (Lipinski definition) is 5. The van der Waals surface area contributed by atoms with E-state index < -0.39 is 15.9 Å². The molecule has 0 bridgehead atoms. The van der Waals surface area contributed by atoms with E-state index in [0.29, 0.717) is 10.6 Å². The van der Waals surface area contributed by atoms with Crippen LogP contribution >= 0.6 is 11.3 Å². The fourth-order valence-electron chi connectivity index (χ4n) is 2.27. The number of carbonyl (C=O) groups is 1. The van der Waals surface area contributed by atoms with Crippen LogP contribution in [-0.2, 0) is 10.0 Å². The largest absolute Gasteiger partial charge is 0.312 e. The van der Waals surface area contributed by atoms with Crippen molar-refractivity contribution in [3.05, 3.63) is 45.8 Å². The number of anilines is 1. The quantitative estimate of drug-likeness (QED) is 0.844. The Labute approximate surface area is 158 Å². The highest BCUT2D eigenvalue weighted by atomic mass is 32.2. The second-order valence-corrected chi connectivity index (χ2v) is 9.42. The molecule has 0 aliphatic rings. The molecule has 0 atom stereocenters. The van der Waals surface area contributed by atoms with Crippen LogP contribution in [0.3, 0.4) is 0 Å². The third-order valence-electron chi connectivity index (χ3n) is 4.22. The molecule has 138 valence electrons. The lowest BCUT2D eigenvalue weighted by molar-refractivity contribution is 0.102. The van der Waals surface area contributed by atoms with E-state index >= 15 is 0 Å². The Morgan fingerprint density at radius 2 is 1.96 bits per heavy atom. The molecule has 0 unspecified atom stereocenters. The van der Waals surface area contributed by atoms with Crippen molar-refractivity contribution in [1.82, 2.24) is 4.31 Å². The number of benzene rings is 1. The summed E-state index contributed by atoms with van der Waals surface area (Å²) in [5, 5.41) is 12.5. The number of nitrogens with zero attached hydrogens (tertiary/aromatic N) is 2. The molecule has 0 radical (unpaired) electrons. The number of nitrogens with one attached hydrogen (secondary N) is 1. The molecule has 8 heteroatoms. The van der Waals surface area contributed by atoms with Gasteiger partial charge in [0.15, 0.2) is 0 Å². The summed E-state index contributed by atoms with van der Waals surface area (Å²) in [5.41, 5.74) is 1.49. The summed E-state index contributed by atoms with van der Waals surface area (Å²) in [7, 11) is -2.18. The number of sulfonamides is 1. The molecule has 1 aromatic heterocycles. The van der Waals surface area contributed by atoms with Crippen LogP contribution in [0, 0.1) is 25.2 Å². The molecular weight excluding hydrogens is 370 g/mol. The zero-order valence-corrected chi connectivity index (χ0v) is 17.0. The van der Waals surface area contributed by atoms with Crippen LogP contribution in [0.4, 0.5) is 5.00 Å². The average molecular weight is 392 g/mol. The van der Waals surface area contributed by atoms with Crippen molar-refractivity contribution in [2.75, 3.05) is 12.4 Å². The molecule has 0 aliphatic carbocycles. The first-order valence-electron chi connectivity index (χ1n) is 7.99. The van der Waals surface area contributed by atoms with Crippen molar-refractivity contribution in [3.8, 4) is 6.07 Å². The Bertz CT molecular complexity index is 986. The topological polar surface area (TPSA) is 90.3 Å². The van der Waals surface area contributed by atoms with Crippen LogP contribution in [-0.4, -0.2) is 31.7 Å². The fourth-order valence-corrected chi connectivity index (χ4v) is 4.69. The summed E-state index contributed by atoms with van der Waals surface area (Å²) in [6, 6.07) is 7.79. The summed E-state index contributed by atoms with van der Waals surface area (Å²) in [6.07, 6.45) is 0. The summed E-state index contributed by atoms with van der Waals surface area (Å²) in [4.78, 5) is 13.6. The van der Waals surface area contributed by atoms with Gasteiger partial charge in [-0.1, -0.05) is 6.07 Å². The van der Waals surface area contributed by atoms with E-state index in [4.69, 9.17) is 0 Å². The van der Waals surface area contributed by atoms with Crippen LogP contribution < -0.4 is 5.32 Å². The van der Waals surface area contributed by atoms with E-state index in [1.54, 1.807) is 19.9 Å². The maximum atomic E-state index is 12.6. The Morgan fingerprint density at radius 1 is 1.31 bits per heavy atom. The zero-order valence-electron chi connectivity index (χ0n) is 15.3. The third-order valence-corrected chi connectivity index (χ3v) is 7.38. The number of aryl methyl sites for hydroxylation is 1. The summed E-state index contributed by atoms with van der Waals surface area (Å²) in [5.74, 6) is -0.452. The predicted octanol–water partition coefficient (Wildman–Crippen LogP) is 3.52. The van der Waals surface area contributed by atoms with Crippen molar-refractivity contribution in [2.45, 2.75) is 38.6 Å². The van der Waals surface area contributed by atoms with Gasteiger partial charge < -0.3 is 5.32 Å². The summed E-state index contributed by atoms with van der Waals surface area (Å²) >= 11 is 1.33. The van der Waals surface area contributed by atoms with E-state index in [1.165, 1.54) is 40.9 Å². The third kappa shape index (κ3) is 3.80. The van der Waals surface area contributed by atoms with Gasteiger partial charge in [0.1, 0.15) is 11.1 Å². The molecule has 26 heavy (non-hydrogen) atoms. The molecular formula is C18H21N3O3S2. The predicted molar refractivity (Wildman–Crippen MR) is 103 cm³/mol. The molecule has 0 fully saturated rings. The highest BCUT2D eigenvalue weighted by molar-refractivity contribution is 7.89. The molecule has 0 saturated heterocycles. The van der Waals surface area contributed by atoms with E-state index in [0.717, 1.165) is 10.4 Å². The number of amides is 1. The molecule has 0 spiro atoms. The van der Waals surface area contributed by atoms with Gasteiger partial charge in [-0.15, -0.1) is 11.3 Å². The van der Waals surface area contributed by atoms with Crippen LogP contribution in [0.15, 0.2) is 29.2 Å². The van der Waals surface area contributed by atoms with Gasteiger partial charge in [-0.25, -0.2) is 8.42 Å². The Balaban J connectivity index is 2.35. The Kier molecular flexibility index (Phi) is 5.86. The maximum Gasteiger partial charge on any atom is 0.256 e. The lowest BCUT2D eigenvalue weighted by Crippen LogP contribution is -2.33. The fraction of sp³-hybridized carbons (Fsp3) is 0.333. The first-order valence-corrected chi connectivity index (χ1v) is 10.2. The maximum absolute atomic E-state index is 12.6. The van der Waals surface area contributed by atoms with Gasteiger partial charge >= 0.3 is 0 Å². The smallest absolute Gasteiger partial charge is 0.256 e. The van der Waals surface area contributed by atoms with Crippen molar-refractivity contribution in [1.29, 1.82) is 5.26 Å². The minimum absolute atomic E-state index is 0.0559. The SMILES string of the molecule is Cc1sc(NC(=O)c2cccc(S(=O)(=O)N(C)C(C)C)c2)c(C#N)c1C. The number of carbonyl (C=O) groups excluding carboxylic acids is 1. The van der Waals surface area contributed by atoms with Crippen molar-refractivity contribution in [3.63, 3.8) is 0 Å². The molecule has 0 aliphatic heterocycles. The molecule has 1 heterocycles. The minimum Gasteiger partial charge on any atom is -0.312 e.